The van der Waals surface area contributed by atoms with Crippen LogP contribution in [0.25, 0.3) is 0 Å². The van der Waals surface area contributed by atoms with E-state index in [4.69, 9.17) is 14.2 Å². The molecule has 0 aliphatic carbocycles. The summed E-state index contributed by atoms with van der Waals surface area (Å²) < 4.78 is 43.1. The van der Waals surface area contributed by atoms with Crippen molar-refractivity contribution in [2.24, 2.45) is 5.10 Å². The van der Waals surface area contributed by atoms with Crippen molar-refractivity contribution in [1.29, 1.82) is 0 Å². The third-order valence-electron chi connectivity index (χ3n) is 5.12. The van der Waals surface area contributed by atoms with Crippen molar-refractivity contribution < 1.29 is 27.4 Å². The molecule has 3 rings (SSSR count). The van der Waals surface area contributed by atoms with E-state index in [1.165, 1.54) is 44.0 Å². The molecule has 0 spiro atoms. The minimum atomic E-state index is -3.63. The molecule has 32 heavy (non-hydrogen) atoms. The second-order valence-electron chi connectivity index (χ2n) is 7.15. The first kappa shape index (κ1) is 23.6. The summed E-state index contributed by atoms with van der Waals surface area (Å²) >= 11 is 0. The van der Waals surface area contributed by atoms with Crippen LogP contribution >= 0.6 is 0 Å². The van der Waals surface area contributed by atoms with Gasteiger partial charge in [0.25, 0.3) is 5.91 Å². The number of piperidine rings is 1. The Morgan fingerprint density at radius 2 is 1.66 bits per heavy atom. The highest BCUT2D eigenvalue weighted by molar-refractivity contribution is 7.89. The summed E-state index contributed by atoms with van der Waals surface area (Å²) in [6.45, 7) is 0.996. The highest BCUT2D eigenvalue weighted by Crippen LogP contribution is 2.37. The summed E-state index contributed by atoms with van der Waals surface area (Å²) in [7, 11) is 0.889. The zero-order valence-electron chi connectivity index (χ0n) is 18.3. The second kappa shape index (κ2) is 10.5. The molecule has 0 aromatic heterocycles. The maximum atomic E-state index is 12.9. The topological polar surface area (TPSA) is 107 Å². The number of ether oxygens (including phenoxy) is 3. The van der Waals surface area contributed by atoms with Crippen molar-refractivity contribution in [3.05, 3.63) is 47.5 Å². The standard InChI is InChI=1S/C22H27N3O6S/c1-29-19-12-16(13-20(30-2)21(19)31-3)15-23-24-22(26)17-8-7-9-18(14-17)32(27,28)25-10-5-4-6-11-25/h7-9,12-15H,4-6,10-11H2,1-3H3,(H,24,26)/b23-15-. The van der Waals surface area contributed by atoms with Crippen LogP contribution in [-0.4, -0.2) is 59.3 Å². The monoisotopic (exact) mass is 461 g/mol. The fraction of sp³-hybridized carbons (Fsp3) is 0.364. The summed E-state index contributed by atoms with van der Waals surface area (Å²) in [4.78, 5) is 12.6. The minimum absolute atomic E-state index is 0.0978. The Kier molecular flexibility index (Phi) is 7.70. The maximum Gasteiger partial charge on any atom is 0.271 e. The Hall–Kier alpha value is -3.11. The number of hydrogen-bond acceptors (Lipinski definition) is 7. The van der Waals surface area contributed by atoms with Crippen LogP contribution in [0.3, 0.4) is 0 Å². The third kappa shape index (κ3) is 5.20. The molecule has 0 unspecified atom stereocenters. The number of carbonyl (C=O) groups is 1. The molecular formula is C22H27N3O6S. The zero-order chi connectivity index (χ0) is 23.1. The highest BCUT2D eigenvalue weighted by atomic mass is 32.2. The Labute approximate surface area is 188 Å². The molecule has 1 saturated heterocycles. The molecule has 1 aliphatic heterocycles. The van der Waals surface area contributed by atoms with E-state index < -0.39 is 15.9 Å². The lowest BCUT2D eigenvalue weighted by atomic mass is 10.2. The van der Waals surface area contributed by atoms with Gasteiger partial charge >= 0.3 is 0 Å². The number of hydrazone groups is 1. The molecule has 9 nitrogen and oxygen atoms in total. The van der Waals surface area contributed by atoms with Crippen molar-refractivity contribution >= 4 is 22.1 Å². The van der Waals surface area contributed by atoms with Gasteiger partial charge < -0.3 is 14.2 Å². The number of amides is 1. The van der Waals surface area contributed by atoms with Crippen molar-refractivity contribution in [2.75, 3.05) is 34.4 Å². The molecule has 0 atom stereocenters. The quantitative estimate of drug-likeness (QED) is 0.479. The van der Waals surface area contributed by atoms with Gasteiger partial charge in [-0.2, -0.15) is 9.41 Å². The molecular weight excluding hydrogens is 434 g/mol. The average Bonchev–Trinajstić information content (AvgIpc) is 2.83. The van der Waals surface area contributed by atoms with Gasteiger partial charge in [0, 0.05) is 24.2 Å². The van der Waals surface area contributed by atoms with Crippen LogP contribution in [0.2, 0.25) is 0 Å². The Bertz CT molecular complexity index is 1070. The van der Waals surface area contributed by atoms with Gasteiger partial charge in [0.05, 0.1) is 32.4 Å². The molecule has 1 aliphatic rings. The van der Waals surface area contributed by atoms with Gasteiger partial charge in [-0.15, -0.1) is 0 Å². The second-order valence-corrected chi connectivity index (χ2v) is 9.09. The smallest absolute Gasteiger partial charge is 0.271 e. The minimum Gasteiger partial charge on any atom is -0.493 e. The summed E-state index contributed by atoms with van der Waals surface area (Å²) in [5, 5.41) is 3.97. The van der Waals surface area contributed by atoms with Gasteiger partial charge in [-0.05, 0) is 43.2 Å². The van der Waals surface area contributed by atoms with Crippen LogP contribution in [0.4, 0.5) is 0 Å². The van der Waals surface area contributed by atoms with Crippen LogP contribution in [0.15, 0.2) is 46.4 Å². The normalized spacial score (nSPS) is 14.8. The van der Waals surface area contributed by atoms with E-state index in [2.05, 4.69) is 10.5 Å². The predicted molar refractivity (Wildman–Crippen MR) is 120 cm³/mol. The number of nitrogens with zero attached hydrogens (tertiary/aromatic N) is 2. The summed E-state index contributed by atoms with van der Waals surface area (Å²) in [5.74, 6) is 0.831. The molecule has 0 bridgehead atoms. The van der Waals surface area contributed by atoms with Crippen molar-refractivity contribution in [1.82, 2.24) is 9.73 Å². The lowest BCUT2D eigenvalue weighted by molar-refractivity contribution is 0.0955. The number of rotatable bonds is 8. The molecule has 0 radical (unpaired) electrons. The fourth-order valence-electron chi connectivity index (χ4n) is 3.46. The van der Waals surface area contributed by atoms with Gasteiger partial charge in [-0.1, -0.05) is 12.5 Å². The van der Waals surface area contributed by atoms with Gasteiger partial charge in [0.15, 0.2) is 11.5 Å². The Morgan fingerprint density at radius 3 is 2.25 bits per heavy atom. The number of sulfonamides is 1. The van der Waals surface area contributed by atoms with E-state index in [-0.39, 0.29) is 10.5 Å². The number of carbonyl (C=O) groups excluding carboxylic acids is 1. The number of hydrogen-bond donors (Lipinski definition) is 1. The van der Waals surface area contributed by atoms with Gasteiger partial charge in [0.2, 0.25) is 15.8 Å². The van der Waals surface area contributed by atoms with Gasteiger partial charge in [-0.3, -0.25) is 4.79 Å². The highest BCUT2D eigenvalue weighted by Gasteiger charge is 2.26. The molecule has 172 valence electrons. The Morgan fingerprint density at radius 1 is 1.00 bits per heavy atom. The van der Waals surface area contributed by atoms with E-state index in [9.17, 15) is 13.2 Å². The molecule has 2 aromatic carbocycles. The third-order valence-corrected chi connectivity index (χ3v) is 7.01. The molecule has 0 saturated carbocycles. The molecule has 1 heterocycles. The summed E-state index contributed by atoms with van der Waals surface area (Å²) in [5.41, 5.74) is 3.23. The van der Waals surface area contributed by atoms with Crippen LogP contribution in [0, 0.1) is 0 Å². The van der Waals surface area contributed by atoms with Crippen LogP contribution < -0.4 is 19.6 Å². The van der Waals surface area contributed by atoms with Crippen LogP contribution in [-0.2, 0) is 10.0 Å². The molecule has 1 N–H and O–H groups in total. The van der Waals surface area contributed by atoms with E-state index in [0.29, 0.717) is 35.9 Å². The van der Waals surface area contributed by atoms with Crippen molar-refractivity contribution in [2.45, 2.75) is 24.2 Å². The van der Waals surface area contributed by atoms with Gasteiger partial charge in [0.1, 0.15) is 0 Å². The number of nitrogens with one attached hydrogen (secondary N) is 1. The lowest BCUT2D eigenvalue weighted by Gasteiger charge is -2.25. The first-order valence-electron chi connectivity index (χ1n) is 10.1. The first-order chi connectivity index (χ1) is 15.4. The predicted octanol–water partition coefficient (Wildman–Crippen LogP) is 2.65. The van der Waals surface area contributed by atoms with Crippen molar-refractivity contribution in [3.8, 4) is 17.2 Å². The average molecular weight is 462 g/mol. The molecule has 2 aromatic rings. The summed E-state index contributed by atoms with van der Waals surface area (Å²) in [6.07, 6.45) is 4.14. The van der Waals surface area contributed by atoms with Crippen LogP contribution in [0.5, 0.6) is 17.2 Å². The van der Waals surface area contributed by atoms with E-state index in [0.717, 1.165) is 19.3 Å². The molecule has 1 fully saturated rings. The van der Waals surface area contributed by atoms with E-state index in [1.807, 2.05) is 0 Å². The molecule has 10 heteroatoms. The Balaban J connectivity index is 1.74. The summed E-state index contributed by atoms with van der Waals surface area (Å²) in [6, 6.07) is 9.33. The SMILES string of the molecule is COc1cc(/C=N\NC(=O)c2cccc(S(=O)(=O)N3CCCCC3)c2)cc(OC)c1OC. The number of methoxy groups -OCH3 is 3. The van der Waals surface area contributed by atoms with Gasteiger partial charge in [-0.25, -0.2) is 13.8 Å². The van der Waals surface area contributed by atoms with Crippen molar-refractivity contribution in [3.63, 3.8) is 0 Å². The number of benzene rings is 2. The lowest BCUT2D eigenvalue weighted by Crippen LogP contribution is -2.35. The van der Waals surface area contributed by atoms with Crippen LogP contribution in [0.1, 0.15) is 35.2 Å². The van der Waals surface area contributed by atoms with E-state index in [1.54, 1.807) is 24.3 Å². The first-order valence-corrected chi connectivity index (χ1v) is 11.6. The zero-order valence-corrected chi connectivity index (χ0v) is 19.1. The van der Waals surface area contributed by atoms with E-state index >= 15 is 0 Å². The maximum absolute atomic E-state index is 12.9. The largest absolute Gasteiger partial charge is 0.493 e. The fourth-order valence-corrected chi connectivity index (χ4v) is 5.02. The molecule has 1 amide bonds.